The third-order valence-corrected chi connectivity index (χ3v) is 6.01. The second-order valence-electron chi connectivity index (χ2n) is 7.12. The SMILES string of the molecule is O=C(O[C@H]1CC[C@H]2[C@@H]3CC[C@@](O)(C3)[C@H]21)c1ccc([N+](=O)[O-])cc1. The van der Waals surface area contributed by atoms with Gasteiger partial charge in [0.15, 0.2) is 0 Å². The van der Waals surface area contributed by atoms with Gasteiger partial charge >= 0.3 is 5.97 Å². The molecule has 5 atom stereocenters. The third-order valence-electron chi connectivity index (χ3n) is 6.01. The number of fused-ring (bicyclic) bond motifs is 5. The molecule has 1 aromatic carbocycles. The number of carbonyl (C=O) groups excluding carboxylic acids is 1. The number of rotatable bonds is 3. The first kappa shape index (κ1) is 14.6. The first-order valence-electron chi connectivity index (χ1n) is 8.16. The van der Waals surface area contributed by atoms with Gasteiger partial charge in [0.1, 0.15) is 6.10 Å². The Morgan fingerprint density at radius 3 is 2.70 bits per heavy atom. The lowest BCUT2D eigenvalue weighted by Gasteiger charge is -2.34. The molecule has 6 nitrogen and oxygen atoms in total. The molecular weight excluding hydrogens is 298 g/mol. The van der Waals surface area contributed by atoms with E-state index in [2.05, 4.69) is 0 Å². The number of ether oxygens (including phenoxy) is 1. The van der Waals surface area contributed by atoms with E-state index in [0.717, 1.165) is 32.1 Å². The lowest BCUT2D eigenvalue weighted by atomic mass is 9.78. The normalized spacial score (nSPS) is 37.6. The van der Waals surface area contributed by atoms with Crippen molar-refractivity contribution in [2.75, 3.05) is 0 Å². The zero-order valence-corrected chi connectivity index (χ0v) is 12.7. The van der Waals surface area contributed by atoms with Crippen LogP contribution in [0.25, 0.3) is 0 Å². The quantitative estimate of drug-likeness (QED) is 0.526. The standard InChI is InChI=1S/C17H19NO5/c19-16(10-1-3-12(4-2-10)18(21)22)23-14-6-5-13-11-7-8-17(20,9-11)15(13)14/h1-4,11,13-15,20H,5-9H2/t11-,13+,14+,15-,17-/m1/s1. The molecule has 3 fully saturated rings. The Labute approximate surface area is 133 Å². The van der Waals surface area contributed by atoms with Gasteiger partial charge in [0.25, 0.3) is 5.69 Å². The molecule has 122 valence electrons. The second-order valence-corrected chi connectivity index (χ2v) is 7.12. The molecule has 0 unspecified atom stereocenters. The molecule has 2 bridgehead atoms. The summed E-state index contributed by atoms with van der Waals surface area (Å²) in [6.45, 7) is 0. The lowest BCUT2D eigenvalue weighted by Crippen LogP contribution is -2.41. The average Bonchev–Trinajstić information content (AvgIpc) is 3.19. The Morgan fingerprint density at radius 2 is 2.00 bits per heavy atom. The van der Waals surface area contributed by atoms with Crippen LogP contribution in [0.1, 0.15) is 42.5 Å². The maximum atomic E-state index is 12.3. The smallest absolute Gasteiger partial charge is 0.338 e. The molecule has 0 radical (unpaired) electrons. The summed E-state index contributed by atoms with van der Waals surface area (Å²) in [5.74, 6) is 0.650. The predicted molar refractivity (Wildman–Crippen MR) is 80.8 cm³/mol. The van der Waals surface area contributed by atoms with Crippen LogP contribution < -0.4 is 0 Å². The molecule has 23 heavy (non-hydrogen) atoms. The highest BCUT2D eigenvalue weighted by atomic mass is 16.6. The molecule has 0 spiro atoms. The summed E-state index contributed by atoms with van der Waals surface area (Å²) in [4.78, 5) is 22.5. The molecule has 4 rings (SSSR count). The Bertz CT molecular complexity index is 657. The fraction of sp³-hybridized carbons (Fsp3) is 0.588. The number of hydrogen-bond acceptors (Lipinski definition) is 5. The first-order valence-corrected chi connectivity index (χ1v) is 8.16. The van der Waals surface area contributed by atoms with Crippen LogP contribution in [0.15, 0.2) is 24.3 Å². The van der Waals surface area contributed by atoms with Crippen LogP contribution in [0.3, 0.4) is 0 Å². The minimum absolute atomic E-state index is 0.0510. The number of nitro groups is 1. The van der Waals surface area contributed by atoms with Crippen LogP contribution in [0.4, 0.5) is 5.69 Å². The molecule has 3 aliphatic rings. The van der Waals surface area contributed by atoms with Crippen LogP contribution in [0, 0.1) is 27.9 Å². The Balaban J connectivity index is 1.48. The van der Waals surface area contributed by atoms with Crippen molar-refractivity contribution in [2.24, 2.45) is 17.8 Å². The largest absolute Gasteiger partial charge is 0.458 e. The Kier molecular flexibility index (Phi) is 3.20. The van der Waals surface area contributed by atoms with Crippen molar-refractivity contribution >= 4 is 11.7 Å². The zero-order valence-electron chi connectivity index (χ0n) is 12.7. The first-order chi connectivity index (χ1) is 11.0. The van der Waals surface area contributed by atoms with Gasteiger partial charge in [0, 0.05) is 18.1 Å². The minimum atomic E-state index is -0.660. The van der Waals surface area contributed by atoms with Gasteiger partial charge in [0.2, 0.25) is 0 Å². The highest BCUT2D eigenvalue weighted by Gasteiger charge is 2.62. The van der Waals surface area contributed by atoms with Crippen molar-refractivity contribution in [1.29, 1.82) is 0 Å². The highest BCUT2D eigenvalue weighted by Crippen LogP contribution is 2.61. The van der Waals surface area contributed by atoms with Crippen LogP contribution in [0.5, 0.6) is 0 Å². The van der Waals surface area contributed by atoms with E-state index in [1.54, 1.807) is 0 Å². The summed E-state index contributed by atoms with van der Waals surface area (Å²) in [5.41, 5.74) is -0.397. The zero-order chi connectivity index (χ0) is 16.2. The average molecular weight is 317 g/mol. The maximum Gasteiger partial charge on any atom is 0.338 e. The fourth-order valence-electron chi connectivity index (χ4n) is 5.08. The second kappa shape index (κ2) is 5.03. The summed E-state index contributed by atoms with van der Waals surface area (Å²) in [5, 5.41) is 21.5. The Hall–Kier alpha value is -1.95. The number of nitro benzene ring substituents is 1. The van der Waals surface area contributed by atoms with Crippen molar-refractivity contribution < 1.29 is 19.6 Å². The van der Waals surface area contributed by atoms with E-state index in [4.69, 9.17) is 4.74 Å². The number of hydrogen-bond donors (Lipinski definition) is 1. The van der Waals surface area contributed by atoms with Gasteiger partial charge in [-0.15, -0.1) is 0 Å². The fourth-order valence-corrected chi connectivity index (χ4v) is 5.08. The van der Waals surface area contributed by atoms with Gasteiger partial charge in [0.05, 0.1) is 16.1 Å². The van der Waals surface area contributed by atoms with E-state index in [1.807, 2.05) is 0 Å². The van der Waals surface area contributed by atoms with Crippen molar-refractivity contribution in [3.63, 3.8) is 0 Å². The maximum absolute atomic E-state index is 12.3. The summed E-state index contributed by atoms with van der Waals surface area (Å²) >= 11 is 0. The molecule has 3 aliphatic carbocycles. The molecule has 0 aliphatic heterocycles. The summed E-state index contributed by atoms with van der Waals surface area (Å²) in [7, 11) is 0. The van der Waals surface area contributed by atoms with Crippen LogP contribution in [-0.4, -0.2) is 27.7 Å². The molecule has 6 heteroatoms. The van der Waals surface area contributed by atoms with E-state index >= 15 is 0 Å². The third kappa shape index (κ3) is 2.24. The van der Waals surface area contributed by atoms with Gasteiger partial charge in [-0.3, -0.25) is 10.1 Å². The number of non-ortho nitro benzene ring substituents is 1. The molecule has 0 saturated heterocycles. The van der Waals surface area contributed by atoms with Crippen LogP contribution in [0.2, 0.25) is 0 Å². The van der Waals surface area contributed by atoms with Gasteiger partial charge in [-0.2, -0.15) is 0 Å². The van der Waals surface area contributed by atoms with Gasteiger partial charge in [-0.25, -0.2) is 4.79 Å². The minimum Gasteiger partial charge on any atom is -0.458 e. The van der Waals surface area contributed by atoms with E-state index in [0.29, 0.717) is 17.4 Å². The monoisotopic (exact) mass is 317 g/mol. The topological polar surface area (TPSA) is 89.7 Å². The van der Waals surface area contributed by atoms with E-state index < -0.39 is 16.5 Å². The number of benzene rings is 1. The highest BCUT2D eigenvalue weighted by molar-refractivity contribution is 5.89. The number of nitrogens with zero attached hydrogens (tertiary/aromatic N) is 1. The number of esters is 1. The molecule has 0 aromatic heterocycles. The number of carbonyl (C=O) groups is 1. The summed E-state index contributed by atoms with van der Waals surface area (Å²) in [6.07, 6.45) is 4.31. The van der Waals surface area contributed by atoms with Crippen molar-refractivity contribution in [3.05, 3.63) is 39.9 Å². The van der Waals surface area contributed by atoms with Gasteiger partial charge < -0.3 is 9.84 Å². The van der Waals surface area contributed by atoms with Crippen molar-refractivity contribution in [2.45, 2.75) is 43.8 Å². The number of aliphatic hydroxyl groups is 1. The van der Waals surface area contributed by atoms with Crippen LogP contribution >= 0.6 is 0 Å². The summed E-state index contributed by atoms with van der Waals surface area (Å²) < 4.78 is 5.66. The van der Waals surface area contributed by atoms with Crippen molar-refractivity contribution in [1.82, 2.24) is 0 Å². The molecule has 0 heterocycles. The van der Waals surface area contributed by atoms with E-state index in [-0.39, 0.29) is 17.7 Å². The Morgan fingerprint density at radius 1 is 1.26 bits per heavy atom. The van der Waals surface area contributed by atoms with E-state index in [1.165, 1.54) is 24.3 Å². The van der Waals surface area contributed by atoms with Crippen molar-refractivity contribution in [3.8, 4) is 0 Å². The van der Waals surface area contributed by atoms with Crippen LogP contribution in [-0.2, 0) is 4.74 Å². The molecule has 1 N–H and O–H groups in total. The van der Waals surface area contributed by atoms with Gasteiger partial charge in [-0.1, -0.05) is 0 Å². The van der Waals surface area contributed by atoms with E-state index in [9.17, 15) is 20.0 Å². The molecular formula is C17H19NO5. The lowest BCUT2D eigenvalue weighted by molar-refractivity contribution is -0.384. The van der Waals surface area contributed by atoms with Gasteiger partial charge in [-0.05, 0) is 56.1 Å². The molecule has 1 aromatic rings. The molecule has 3 saturated carbocycles. The summed E-state index contributed by atoms with van der Waals surface area (Å²) in [6, 6.07) is 5.45. The predicted octanol–water partition coefficient (Wildman–Crippen LogP) is 2.69. The molecule has 0 amide bonds.